The molecule has 0 atom stereocenters. The summed E-state index contributed by atoms with van der Waals surface area (Å²) in [5.74, 6) is 0. The van der Waals surface area contributed by atoms with Crippen molar-refractivity contribution in [3.05, 3.63) is 40.9 Å². The van der Waals surface area contributed by atoms with E-state index in [9.17, 15) is 8.42 Å². The smallest absolute Gasteiger partial charge is 0.263 e. The molecular weight excluding hydrogens is 306 g/mol. The number of hydrogen-bond acceptors (Lipinski definition) is 5. The SMILES string of the molecule is CCCNCc1ccccc1S(=O)(=O)Nc1nc(C)cs1. The van der Waals surface area contributed by atoms with Crippen LogP contribution in [0.5, 0.6) is 0 Å². The minimum Gasteiger partial charge on any atom is -0.313 e. The fraction of sp³-hybridized carbons (Fsp3) is 0.357. The van der Waals surface area contributed by atoms with Crippen molar-refractivity contribution in [2.45, 2.75) is 31.7 Å². The highest BCUT2D eigenvalue weighted by Crippen LogP contribution is 2.22. The molecule has 0 fully saturated rings. The summed E-state index contributed by atoms with van der Waals surface area (Å²) in [6.45, 7) is 5.29. The lowest BCUT2D eigenvalue weighted by Crippen LogP contribution is -2.19. The molecule has 5 nitrogen and oxygen atoms in total. The van der Waals surface area contributed by atoms with Gasteiger partial charge in [0.1, 0.15) is 0 Å². The summed E-state index contributed by atoms with van der Waals surface area (Å²) in [6.07, 6.45) is 1.01. The summed E-state index contributed by atoms with van der Waals surface area (Å²) in [4.78, 5) is 4.43. The summed E-state index contributed by atoms with van der Waals surface area (Å²) in [7, 11) is -3.61. The van der Waals surface area contributed by atoms with Crippen LogP contribution in [0.1, 0.15) is 24.6 Å². The van der Waals surface area contributed by atoms with Crippen molar-refractivity contribution in [2.24, 2.45) is 0 Å². The number of nitrogens with one attached hydrogen (secondary N) is 2. The van der Waals surface area contributed by atoms with E-state index in [1.54, 1.807) is 12.1 Å². The van der Waals surface area contributed by atoms with Gasteiger partial charge in [-0.2, -0.15) is 0 Å². The van der Waals surface area contributed by atoms with E-state index in [0.717, 1.165) is 24.2 Å². The number of benzene rings is 1. The Morgan fingerprint density at radius 1 is 1.29 bits per heavy atom. The van der Waals surface area contributed by atoms with Crippen LogP contribution in [0.2, 0.25) is 0 Å². The Kier molecular flexibility index (Phi) is 5.33. The average Bonchev–Trinajstić information content (AvgIpc) is 2.84. The molecule has 0 unspecified atom stereocenters. The Bertz CT molecular complexity index is 696. The van der Waals surface area contributed by atoms with Gasteiger partial charge in [-0.3, -0.25) is 4.72 Å². The molecule has 0 radical (unpaired) electrons. The summed E-state index contributed by atoms with van der Waals surface area (Å²) in [5, 5.41) is 5.43. The zero-order chi connectivity index (χ0) is 15.3. The molecule has 0 amide bonds. The molecule has 7 heteroatoms. The van der Waals surface area contributed by atoms with Crippen LogP contribution >= 0.6 is 11.3 Å². The molecule has 0 saturated carbocycles. The van der Waals surface area contributed by atoms with Gasteiger partial charge in [0.25, 0.3) is 10.0 Å². The van der Waals surface area contributed by atoms with Gasteiger partial charge in [-0.25, -0.2) is 13.4 Å². The zero-order valence-corrected chi connectivity index (χ0v) is 13.7. The largest absolute Gasteiger partial charge is 0.313 e. The number of hydrogen-bond donors (Lipinski definition) is 2. The van der Waals surface area contributed by atoms with Crippen LogP contribution < -0.4 is 10.0 Å². The lowest BCUT2D eigenvalue weighted by molar-refractivity contribution is 0.597. The van der Waals surface area contributed by atoms with Gasteiger partial charge in [-0.1, -0.05) is 25.1 Å². The van der Waals surface area contributed by atoms with E-state index in [4.69, 9.17) is 0 Å². The lowest BCUT2D eigenvalue weighted by atomic mass is 10.2. The van der Waals surface area contributed by atoms with Gasteiger partial charge >= 0.3 is 0 Å². The predicted octanol–water partition coefficient (Wildman–Crippen LogP) is 2.75. The molecule has 1 aromatic heterocycles. The van der Waals surface area contributed by atoms with Crippen LogP contribution in [-0.4, -0.2) is 19.9 Å². The molecule has 0 spiro atoms. The number of sulfonamides is 1. The molecule has 0 saturated heterocycles. The van der Waals surface area contributed by atoms with Crippen LogP contribution in [0, 0.1) is 6.92 Å². The highest BCUT2D eigenvalue weighted by Gasteiger charge is 2.19. The minimum absolute atomic E-state index is 0.293. The number of rotatable bonds is 7. The molecule has 1 heterocycles. The van der Waals surface area contributed by atoms with Crippen molar-refractivity contribution < 1.29 is 8.42 Å². The maximum absolute atomic E-state index is 12.5. The average molecular weight is 325 g/mol. The third kappa shape index (κ3) is 4.26. The maximum atomic E-state index is 12.5. The Balaban J connectivity index is 2.23. The lowest BCUT2D eigenvalue weighted by Gasteiger charge is -2.11. The first-order valence-corrected chi connectivity index (χ1v) is 9.13. The minimum atomic E-state index is -3.61. The first-order valence-electron chi connectivity index (χ1n) is 6.76. The number of aryl methyl sites for hydroxylation is 1. The molecule has 2 aromatic rings. The second kappa shape index (κ2) is 7.02. The molecule has 2 rings (SSSR count). The van der Waals surface area contributed by atoms with E-state index in [2.05, 4.69) is 21.9 Å². The summed E-state index contributed by atoms with van der Waals surface area (Å²) in [6, 6.07) is 7.01. The second-order valence-corrected chi connectivity index (χ2v) is 7.19. The van der Waals surface area contributed by atoms with E-state index in [1.807, 2.05) is 24.4 Å². The fourth-order valence-corrected chi connectivity index (χ4v) is 4.06. The Morgan fingerprint density at radius 3 is 2.71 bits per heavy atom. The topological polar surface area (TPSA) is 71.1 Å². The van der Waals surface area contributed by atoms with Crippen molar-refractivity contribution in [1.82, 2.24) is 10.3 Å². The molecule has 0 bridgehead atoms. The highest BCUT2D eigenvalue weighted by atomic mass is 32.2. The van der Waals surface area contributed by atoms with Gasteiger partial charge in [0.15, 0.2) is 5.13 Å². The standard InChI is InChI=1S/C14H19N3O2S2/c1-3-8-15-9-12-6-4-5-7-13(12)21(18,19)17-14-16-11(2)10-20-14/h4-7,10,15H,3,8-9H2,1-2H3,(H,16,17). The molecule has 21 heavy (non-hydrogen) atoms. The first kappa shape index (κ1) is 15.9. The van der Waals surface area contributed by atoms with E-state index in [1.165, 1.54) is 11.3 Å². The Morgan fingerprint density at radius 2 is 2.05 bits per heavy atom. The van der Waals surface area contributed by atoms with Crippen molar-refractivity contribution in [2.75, 3.05) is 11.3 Å². The zero-order valence-electron chi connectivity index (χ0n) is 12.1. The Labute approximate surface area is 129 Å². The molecule has 1 aromatic carbocycles. The summed E-state index contributed by atoms with van der Waals surface area (Å²) < 4.78 is 27.5. The predicted molar refractivity (Wildman–Crippen MR) is 86.1 cm³/mol. The molecule has 114 valence electrons. The van der Waals surface area contributed by atoms with Gasteiger partial charge in [0.05, 0.1) is 10.6 Å². The molecule has 0 aliphatic rings. The normalized spacial score (nSPS) is 11.5. The summed E-state index contributed by atoms with van der Waals surface area (Å²) >= 11 is 1.28. The van der Waals surface area contributed by atoms with E-state index < -0.39 is 10.0 Å². The fourth-order valence-electron chi connectivity index (χ4n) is 1.88. The van der Waals surface area contributed by atoms with Crippen LogP contribution in [0.15, 0.2) is 34.5 Å². The first-order chi connectivity index (χ1) is 10.0. The van der Waals surface area contributed by atoms with E-state index in [-0.39, 0.29) is 0 Å². The van der Waals surface area contributed by atoms with Crippen LogP contribution in [-0.2, 0) is 16.6 Å². The summed E-state index contributed by atoms with van der Waals surface area (Å²) in [5.41, 5.74) is 1.56. The Hall–Kier alpha value is -1.44. The van der Waals surface area contributed by atoms with Gasteiger partial charge in [0.2, 0.25) is 0 Å². The van der Waals surface area contributed by atoms with Crippen LogP contribution in [0.4, 0.5) is 5.13 Å². The second-order valence-electron chi connectivity index (χ2n) is 4.68. The molecular formula is C14H19N3O2S2. The maximum Gasteiger partial charge on any atom is 0.263 e. The molecule has 0 aliphatic heterocycles. The molecule has 0 aliphatic carbocycles. The monoisotopic (exact) mass is 325 g/mol. The van der Waals surface area contributed by atoms with Gasteiger partial charge in [-0.15, -0.1) is 11.3 Å². The van der Waals surface area contributed by atoms with Crippen molar-refractivity contribution in [3.63, 3.8) is 0 Å². The molecule has 2 N–H and O–H groups in total. The van der Waals surface area contributed by atoms with Gasteiger partial charge in [0, 0.05) is 11.9 Å². The van der Waals surface area contributed by atoms with Crippen molar-refractivity contribution in [1.29, 1.82) is 0 Å². The third-order valence-corrected chi connectivity index (χ3v) is 5.29. The number of thiazole rings is 1. The van der Waals surface area contributed by atoms with Crippen LogP contribution in [0.25, 0.3) is 0 Å². The van der Waals surface area contributed by atoms with Crippen molar-refractivity contribution in [3.8, 4) is 0 Å². The van der Waals surface area contributed by atoms with Crippen LogP contribution in [0.3, 0.4) is 0 Å². The number of aromatic nitrogens is 1. The number of anilines is 1. The van der Waals surface area contributed by atoms with Gasteiger partial charge in [-0.05, 0) is 31.5 Å². The van der Waals surface area contributed by atoms with Crippen molar-refractivity contribution >= 4 is 26.5 Å². The van der Waals surface area contributed by atoms with Gasteiger partial charge < -0.3 is 5.32 Å². The quantitative estimate of drug-likeness (QED) is 0.768. The third-order valence-electron chi connectivity index (χ3n) is 2.85. The number of nitrogens with zero attached hydrogens (tertiary/aromatic N) is 1. The van der Waals surface area contributed by atoms with E-state index >= 15 is 0 Å². The highest BCUT2D eigenvalue weighted by molar-refractivity contribution is 7.93. The van der Waals surface area contributed by atoms with E-state index in [0.29, 0.717) is 16.6 Å².